The highest BCUT2D eigenvalue weighted by atomic mass is 16.4. The molecule has 0 amide bonds. The lowest BCUT2D eigenvalue weighted by Crippen LogP contribution is -2.33. The average molecular weight is 316 g/mol. The number of carboxylic acids is 1. The molecule has 0 radical (unpaired) electrons. The third-order valence-electron chi connectivity index (χ3n) is 3.40. The van der Waals surface area contributed by atoms with Gasteiger partial charge in [0.15, 0.2) is 0 Å². The van der Waals surface area contributed by atoms with Crippen LogP contribution in [0.25, 0.3) is 0 Å². The average Bonchev–Trinajstić information content (AvgIpc) is 2.48. The Balaban J connectivity index is 3.38. The van der Waals surface area contributed by atoms with Crippen LogP contribution in [-0.4, -0.2) is 93.6 Å². The summed E-state index contributed by atoms with van der Waals surface area (Å²) in [5.41, 5.74) is 0. The minimum atomic E-state index is -0.809. The quantitative estimate of drug-likeness (QED) is 0.261. The minimum Gasteiger partial charge on any atom is -0.480 e. The maximum atomic E-state index is 10.3. The number of hydrogen-bond donors (Lipinski definition) is 3. The van der Waals surface area contributed by atoms with Crippen molar-refractivity contribution in [2.45, 2.75) is 19.3 Å². The highest BCUT2D eigenvalue weighted by Gasteiger charge is 2.02. The molecular weight excluding hydrogens is 284 g/mol. The molecule has 0 aromatic rings. The van der Waals surface area contributed by atoms with Crippen LogP contribution in [0.15, 0.2) is 0 Å². The van der Waals surface area contributed by atoms with Crippen LogP contribution in [-0.2, 0) is 9.59 Å². The topological polar surface area (TPSA) is 84.9 Å². The largest absolute Gasteiger partial charge is 0.480 e. The standard InChI is InChI=1S/C15H32N4O3/c1-18(9-4-3-6-16-8-13-20)11-12-19(2)10-5-7-17-14-15(21)22/h13,16-17H,3-12,14H2,1-2H3,(H,21,22). The maximum Gasteiger partial charge on any atom is 0.317 e. The number of carboxylic acid groups (broad SMARTS) is 1. The van der Waals surface area contributed by atoms with Crippen LogP contribution in [0, 0.1) is 0 Å². The number of unbranched alkanes of at least 4 members (excludes halogenated alkanes) is 1. The number of nitrogens with zero attached hydrogens (tertiary/aromatic N) is 2. The summed E-state index contributed by atoms with van der Waals surface area (Å²) < 4.78 is 0. The van der Waals surface area contributed by atoms with Gasteiger partial charge in [-0.15, -0.1) is 0 Å². The van der Waals surface area contributed by atoms with E-state index >= 15 is 0 Å². The lowest BCUT2D eigenvalue weighted by molar-refractivity contribution is -0.135. The lowest BCUT2D eigenvalue weighted by Gasteiger charge is -2.22. The van der Waals surface area contributed by atoms with Gasteiger partial charge in [0.2, 0.25) is 0 Å². The van der Waals surface area contributed by atoms with Crippen LogP contribution in [0.1, 0.15) is 19.3 Å². The van der Waals surface area contributed by atoms with Crippen molar-refractivity contribution in [1.29, 1.82) is 0 Å². The molecule has 0 saturated heterocycles. The highest BCUT2D eigenvalue weighted by Crippen LogP contribution is 1.94. The lowest BCUT2D eigenvalue weighted by atomic mass is 10.3. The van der Waals surface area contributed by atoms with Gasteiger partial charge in [-0.3, -0.25) is 4.79 Å². The van der Waals surface area contributed by atoms with Crippen molar-refractivity contribution in [2.24, 2.45) is 0 Å². The third kappa shape index (κ3) is 15.4. The summed E-state index contributed by atoms with van der Waals surface area (Å²) in [5, 5.41) is 14.5. The van der Waals surface area contributed by atoms with Crippen LogP contribution >= 0.6 is 0 Å². The monoisotopic (exact) mass is 316 g/mol. The van der Waals surface area contributed by atoms with E-state index in [1.165, 1.54) is 0 Å². The number of hydrogen-bond acceptors (Lipinski definition) is 6. The molecule has 22 heavy (non-hydrogen) atoms. The second kappa shape index (κ2) is 14.9. The predicted octanol–water partition coefficient (Wildman–Crippen LogP) is -0.517. The van der Waals surface area contributed by atoms with E-state index in [4.69, 9.17) is 5.11 Å². The van der Waals surface area contributed by atoms with Gasteiger partial charge in [-0.25, -0.2) is 0 Å². The Labute approximate surface area is 134 Å². The Kier molecular flexibility index (Phi) is 14.2. The maximum absolute atomic E-state index is 10.3. The number of aldehydes is 1. The molecule has 0 aliphatic heterocycles. The molecule has 7 heteroatoms. The van der Waals surface area contributed by atoms with E-state index < -0.39 is 5.97 Å². The van der Waals surface area contributed by atoms with E-state index in [0.717, 1.165) is 64.8 Å². The molecule has 3 N–H and O–H groups in total. The fourth-order valence-corrected chi connectivity index (χ4v) is 2.03. The first-order valence-electron chi connectivity index (χ1n) is 8.00. The second-order valence-corrected chi connectivity index (χ2v) is 5.61. The molecule has 0 aliphatic carbocycles. The number of carbonyl (C=O) groups is 2. The molecule has 0 bridgehead atoms. The first-order chi connectivity index (χ1) is 10.6. The van der Waals surface area contributed by atoms with Crippen LogP contribution in [0.4, 0.5) is 0 Å². The summed E-state index contributed by atoms with van der Waals surface area (Å²) in [5.74, 6) is -0.809. The van der Waals surface area contributed by atoms with Gasteiger partial charge in [0.1, 0.15) is 6.29 Å². The van der Waals surface area contributed by atoms with E-state index in [2.05, 4.69) is 34.5 Å². The summed E-state index contributed by atoms with van der Waals surface area (Å²) in [6, 6.07) is 0. The van der Waals surface area contributed by atoms with E-state index in [-0.39, 0.29) is 6.54 Å². The number of likely N-dealkylation sites (N-methyl/N-ethyl adjacent to an activating group) is 2. The molecule has 0 saturated carbocycles. The van der Waals surface area contributed by atoms with Gasteiger partial charge in [-0.1, -0.05) is 0 Å². The van der Waals surface area contributed by atoms with Gasteiger partial charge in [-0.05, 0) is 59.5 Å². The zero-order valence-electron chi connectivity index (χ0n) is 14.0. The Morgan fingerprint density at radius 2 is 1.55 bits per heavy atom. The van der Waals surface area contributed by atoms with Crippen molar-refractivity contribution < 1.29 is 14.7 Å². The van der Waals surface area contributed by atoms with Crippen molar-refractivity contribution >= 4 is 12.3 Å². The Morgan fingerprint density at radius 3 is 2.14 bits per heavy atom. The van der Waals surface area contributed by atoms with E-state index in [9.17, 15) is 9.59 Å². The van der Waals surface area contributed by atoms with Crippen LogP contribution in [0.3, 0.4) is 0 Å². The van der Waals surface area contributed by atoms with Crippen molar-refractivity contribution in [3.05, 3.63) is 0 Å². The molecule has 0 atom stereocenters. The number of rotatable bonds is 16. The fourth-order valence-electron chi connectivity index (χ4n) is 2.03. The van der Waals surface area contributed by atoms with E-state index in [0.29, 0.717) is 6.54 Å². The summed E-state index contributed by atoms with van der Waals surface area (Å²) in [6.07, 6.45) is 4.06. The first kappa shape index (κ1) is 21.0. The van der Waals surface area contributed by atoms with Crippen LogP contribution < -0.4 is 10.6 Å². The molecule has 0 fully saturated rings. The number of carbonyl (C=O) groups excluding carboxylic acids is 1. The Morgan fingerprint density at radius 1 is 0.955 bits per heavy atom. The van der Waals surface area contributed by atoms with Crippen LogP contribution in [0.5, 0.6) is 0 Å². The summed E-state index contributed by atoms with van der Waals surface area (Å²) >= 11 is 0. The van der Waals surface area contributed by atoms with Gasteiger partial charge in [0.25, 0.3) is 0 Å². The fraction of sp³-hybridized carbons (Fsp3) is 0.867. The smallest absolute Gasteiger partial charge is 0.317 e. The molecule has 0 aromatic heterocycles. The zero-order valence-corrected chi connectivity index (χ0v) is 14.0. The summed E-state index contributed by atoms with van der Waals surface area (Å²) in [7, 11) is 4.22. The molecule has 0 unspecified atom stereocenters. The summed E-state index contributed by atoms with van der Waals surface area (Å²) in [6.45, 7) is 6.19. The Hall–Kier alpha value is -1.02. The van der Waals surface area contributed by atoms with Crippen molar-refractivity contribution in [3.63, 3.8) is 0 Å². The second-order valence-electron chi connectivity index (χ2n) is 5.61. The van der Waals surface area contributed by atoms with Crippen molar-refractivity contribution in [1.82, 2.24) is 20.4 Å². The molecule has 0 spiro atoms. The van der Waals surface area contributed by atoms with Gasteiger partial charge < -0.3 is 30.3 Å². The SMILES string of the molecule is CN(CCCCNCC=O)CCN(C)CCCNCC(=O)O. The normalized spacial score (nSPS) is 11.3. The van der Waals surface area contributed by atoms with Gasteiger partial charge in [-0.2, -0.15) is 0 Å². The molecule has 7 nitrogen and oxygen atoms in total. The van der Waals surface area contributed by atoms with Gasteiger partial charge >= 0.3 is 5.97 Å². The zero-order chi connectivity index (χ0) is 16.6. The van der Waals surface area contributed by atoms with E-state index in [1.54, 1.807) is 0 Å². The summed E-state index contributed by atoms with van der Waals surface area (Å²) in [4.78, 5) is 25.1. The number of nitrogens with one attached hydrogen (secondary N) is 2. The molecule has 0 heterocycles. The molecule has 130 valence electrons. The van der Waals surface area contributed by atoms with Gasteiger partial charge in [0.05, 0.1) is 13.1 Å². The molecule has 0 rings (SSSR count). The molecule has 0 aromatic carbocycles. The minimum absolute atomic E-state index is 0.0359. The third-order valence-corrected chi connectivity index (χ3v) is 3.40. The predicted molar refractivity (Wildman–Crippen MR) is 88.3 cm³/mol. The first-order valence-corrected chi connectivity index (χ1v) is 8.00. The van der Waals surface area contributed by atoms with Crippen LogP contribution in [0.2, 0.25) is 0 Å². The molecular formula is C15H32N4O3. The molecule has 0 aliphatic rings. The highest BCUT2D eigenvalue weighted by molar-refractivity contribution is 5.68. The van der Waals surface area contributed by atoms with Crippen molar-refractivity contribution in [2.75, 3.05) is 66.5 Å². The number of aliphatic carboxylic acids is 1. The van der Waals surface area contributed by atoms with E-state index in [1.807, 2.05) is 0 Å². The van der Waals surface area contributed by atoms with Gasteiger partial charge in [0, 0.05) is 13.1 Å². The Bertz CT molecular complexity index is 290. The van der Waals surface area contributed by atoms with Crippen molar-refractivity contribution in [3.8, 4) is 0 Å².